The minimum absolute atomic E-state index is 0.0370. The SMILES string of the molecule is COCC(C)N1CCN(C(=O)c2cc3c(cc2C)[nH]c(=O)c2cnn(C4CCOCC4)c23)CC1. The molecular weight excluding hydrogens is 434 g/mol. The molecule has 2 aliphatic rings. The molecule has 2 saturated heterocycles. The number of hydrogen-bond donors (Lipinski definition) is 1. The van der Waals surface area contributed by atoms with Crippen LogP contribution in [0.3, 0.4) is 0 Å². The third-order valence-electron chi connectivity index (χ3n) is 7.31. The number of benzene rings is 1. The first-order valence-electron chi connectivity index (χ1n) is 12.1. The van der Waals surface area contributed by atoms with E-state index in [1.54, 1.807) is 13.3 Å². The highest BCUT2D eigenvalue weighted by Crippen LogP contribution is 2.30. The number of amides is 1. The van der Waals surface area contributed by atoms with Crippen LogP contribution in [0, 0.1) is 6.92 Å². The summed E-state index contributed by atoms with van der Waals surface area (Å²) in [6, 6.07) is 4.38. The molecule has 0 spiro atoms. The second kappa shape index (κ2) is 9.48. The van der Waals surface area contributed by atoms with E-state index in [9.17, 15) is 9.59 Å². The summed E-state index contributed by atoms with van der Waals surface area (Å²) < 4.78 is 12.8. The molecule has 1 N–H and O–H groups in total. The number of aryl methyl sites for hydroxylation is 1. The fourth-order valence-electron chi connectivity index (χ4n) is 5.31. The number of nitrogens with zero attached hydrogens (tertiary/aromatic N) is 4. The predicted octanol–water partition coefficient (Wildman–Crippen LogP) is 2.33. The Hall–Kier alpha value is -2.75. The van der Waals surface area contributed by atoms with Crippen LogP contribution in [-0.2, 0) is 9.47 Å². The third-order valence-corrected chi connectivity index (χ3v) is 7.31. The molecule has 182 valence electrons. The summed E-state index contributed by atoms with van der Waals surface area (Å²) in [7, 11) is 1.72. The van der Waals surface area contributed by atoms with Gasteiger partial charge in [0.1, 0.15) is 0 Å². The van der Waals surface area contributed by atoms with Gasteiger partial charge >= 0.3 is 0 Å². The van der Waals surface area contributed by atoms with Crippen LogP contribution in [-0.4, -0.2) is 89.6 Å². The molecule has 9 heteroatoms. The Morgan fingerprint density at radius 2 is 1.94 bits per heavy atom. The summed E-state index contributed by atoms with van der Waals surface area (Å²) >= 11 is 0. The number of aromatic amines is 1. The van der Waals surface area contributed by atoms with Gasteiger partial charge in [0.25, 0.3) is 11.5 Å². The van der Waals surface area contributed by atoms with E-state index < -0.39 is 0 Å². The largest absolute Gasteiger partial charge is 0.383 e. The number of fused-ring (bicyclic) bond motifs is 3. The summed E-state index contributed by atoms with van der Waals surface area (Å²) in [5.74, 6) is 0.0370. The molecular formula is C25H33N5O4. The fourth-order valence-corrected chi connectivity index (χ4v) is 5.31. The summed E-state index contributed by atoms with van der Waals surface area (Å²) in [4.78, 5) is 33.6. The molecule has 1 amide bonds. The maximum Gasteiger partial charge on any atom is 0.259 e. The van der Waals surface area contributed by atoms with Crippen molar-refractivity contribution < 1.29 is 14.3 Å². The van der Waals surface area contributed by atoms with Crippen molar-refractivity contribution in [2.24, 2.45) is 0 Å². The lowest BCUT2D eigenvalue weighted by atomic mass is 10.0. The van der Waals surface area contributed by atoms with E-state index in [0.717, 1.165) is 47.9 Å². The van der Waals surface area contributed by atoms with Gasteiger partial charge in [0.05, 0.1) is 35.3 Å². The van der Waals surface area contributed by atoms with Crippen LogP contribution < -0.4 is 5.56 Å². The minimum Gasteiger partial charge on any atom is -0.383 e. The lowest BCUT2D eigenvalue weighted by molar-refractivity contribution is 0.0448. The average molecular weight is 468 g/mol. The molecule has 0 bridgehead atoms. The van der Waals surface area contributed by atoms with Gasteiger partial charge in [0, 0.05) is 63.5 Å². The number of pyridine rings is 1. The van der Waals surface area contributed by atoms with Gasteiger partial charge in [-0.25, -0.2) is 0 Å². The minimum atomic E-state index is -0.152. The highest BCUT2D eigenvalue weighted by atomic mass is 16.5. The summed E-state index contributed by atoms with van der Waals surface area (Å²) in [5, 5.41) is 6.01. The summed E-state index contributed by atoms with van der Waals surface area (Å²) in [6.07, 6.45) is 3.35. The highest BCUT2D eigenvalue weighted by Gasteiger charge is 2.27. The molecule has 0 radical (unpaired) electrons. The van der Waals surface area contributed by atoms with Crippen molar-refractivity contribution in [1.82, 2.24) is 24.6 Å². The van der Waals surface area contributed by atoms with Gasteiger partial charge in [-0.2, -0.15) is 5.10 Å². The molecule has 4 heterocycles. The number of rotatable bonds is 5. The predicted molar refractivity (Wildman–Crippen MR) is 131 cm³/mol. The Kier molecular flexibility index (Phi) is 6.42. The second-order valence-corrected chi connectivity index (χ2v) is 9.49. The van der Waals surface area contributed by atoms with Crippen LogP contribution in [0.2, 0.25) is 0 Å². The Morgan fingerprint density at radius 1 is 1.21 bits per heavy atom. The van der Waals surface area contributed by atoms with E-state index in [0.29, 0.717) is 49.9 Å². The Labute approximate surface area is 198 Å². The maximum absolute atomic E-state index is 13.6. The molecule has 9 nitrogen and oxygen atoms in total. The van der Waals surface area contributed by atoms with Crippen LogP contribution in [0.25, 0.3) is 21.8 Å². The number of methoxy groups -OCH3 is 1. The zero-order chi connectivity index (χ0) is 23.8. The zero-order valence-corrected chi connectivity index (χ0v) is 20.2. The highest BCUT2D eigenvalue weighted by molar-refractivity contribution is 6.07. The van der Waals surface area contributed by atoms with Crippen LogP contribution in [0.1, 0.15) is 41.7 Å². The van der Waals surface area contributed by atoms with Crippen molar-refractivity contribution in [3.63, 3.8) is 0 Å². The number of aromatic nitrogens is 3. The molecule has 1 aromatic carbocycles. The fraction of sp³-hybridized carbons (Fsp3) is 0.560. The van der Waals surface area contributed by atoms with Gasteiger partial charge in [-0.3, -0.25) is 19.2 Å². The zero-order valence-electron chi connectivity index (χ0n) is 20.2. The average Bonchev–Trinajstić information content (AvgIpc) is 3.30. The standard InChI is InChI=1S/C25H33N5O4/c1-16-12-22-20(13-19(16)25(32)29-8-6-28(7-9-29)17(2)15-33-3)23-21(24(31)27-22)14-26-30(23)18-4-10-34-11-5-18/h12-14,17-18H,4-11,15H2,1-3H3,(H,27,31). The monoisotopic (exact) mass is 467 g/mol. The molecule has 0 aliphatic carbocycles. The molecule has 2 aliphatic heterocycles. The van der Waals surface area contributed by atoms with Crippen molar-refractivity contribution in [2.75, 3.05) is 53.1 Å². The van der Waals surface area contributed by atoms with Gasteiger partial charge in [-0.05, 0) is 44.4 Å². The van der Waals surface area contributed by atoms with E-state index in [1.165, 1.54) is 0 Å². The van der Waals surface area contributed by atoms with E-state index >= 15 is 0 Å². The molecule has 2 aromatic heterocycles. The quantitative estimate of drug-likeness (QED) is 0.619. The number of carbonyl (C=O) groups is 1. The van der Waals surface area contributed by atoms with Gasteiger partial charge in [0.2, 0.25) is 0 Å². The van der Waals surface area contributed by atoms with Gasteiger partial charge in [0.15, 0.2) is 0 Å². The third kappa shape index (κ3) is 4.12. The first-order chi connectivity index (χ1) is 16.5. The summed E-state index contributed by atoms with van der Waals surface area (Å²) in [6.45, 7) is 9.18. The van der Waals surface area contributed by atoms with E-state index in [2.05, 4.69) is 21.9 Å². The van der Waals surface area contributed by atoms with E-state index in [4.69, 9.17) is 9.47 Å². The Bertz CT molecular complexity index is 1250. The number of hydrogen-bond acceptors (Lipinski definition) is 6. The topological polar surface area (TPSA) is 92.7 Å². The lowest BCUT2D eigenvalue weighted by Crippen LogP contribution is -2.52. The van der Waals surface area contributed by atoms with Crippen LogP contribution >= 0.6 is 0 Å². The molecule has 5 rings (SSSR count). The normalized spacial score (nSPS) is 19.2. The number of carbonyl (C=O) groups excluding carboxylic acids is 1. The number of nitrogens with one attached hydrogen (secondary N) is 1. The first kappa shape index (κ1) is 23.0. The van der Waals surface area contributed by atoms with Gasteiger partial charge < -0.3 is 19.4 Å². The molecule has 3 aromatic rings. The molecule has 0 saturated carbocycles. The van der Waals surface area contributed by atoms with E-state index in [-0.39, 0.29) is 17.5 Å². The molecule has 1 unspecified atom stereocenters. The molecule has 1 atom stereocenters. The van der Waals surface area contributed by atoms with Crippen molar-refractivity contribution in [3.8, 4) is 0 Å². The van der Waals surface area contributed by atoms with Gasteiger partial charge in [-0.15, -0.1) is 0 Å². The maximum atomic E-state index is 13.6. The van der Waals surface area contributed by atoms with Crippen molar-refractivity contribution in [3.05, 3.63) is 39.8 Å². The van der Waals surface area contributed by atoms with Crippen LogP contribution in [0.4, 0.5) is 0 Å². The number of ether oxygens (including phenoxy) is 2. The van der Waals surface area contributed by atoms with Crippen molar-refractivity contribution >= 4 is 27.7 Å². The molecule has 2 fully saturated rings. The number of H-pyrrole nitrogens is 1. The smallest absolute Gasteiger partial charge is 0.259 e. The van der Waals surface area contributed by atoms with E-state index in [1.807, 2.05) is 28.6 Å². The lowest BCUT2D eigenvalue weighted by Gasteiger charge is -2.38. The second-order valence-electron chi connectivity index (χ2n) is 9.49. The van der Waals surface area contributed by atoms with Crippen molar-refractivity contribution in [1.29, 1.82) is 0 Å². The van der Waals surface area contributed by atoms with Gasteiger partial charge in [-0.1, -0.05) is 0 Å². The first-order valence-corrected chi connectivity index (χ1v) is 12.1. The number of piperazine rings is 1. The molecule has 34 heavy (non-hydrogen) atoms. The Balaban J connectivity index is 1.50. The summed E-state index contributed by atoms with van der Waals surface area (Å²) in [5.41, 5.74) is 2.93. The van der Waals surface area contributed by atoms with Crippen LogP contribution in [0.15, 0.2) is 23.1 Å². The van der Waals surface area contributed by atoms with Crippen molar-refractivity contribution in [2.45, 2.75) is 38.8 Å². The Morgan fingerprint density at radius 3 is 2.65 bits per heavy atom. The van der Waals surface area contributed by atoms with Crippen LogP contribution in [0.5, 0.6) is 0 Å².